The van der Waals surface area contributed by atoms with Crippen LogP contribution in [0.2, 0.25) is 0 Å². The first-order valence-electron chi connectivity index (χ1n) is 5.65. The molecule has 0 aliphatic carbocycles. The first-order chi connectivity index (χ1) is 9.06. The highest BCUT2D eigenvalue weighted by Crippen LogP contribution is 2.26. The van der Waals surface area contributed by atoms with E-state index in [4.69, 9.17) is 12.2 Å². The Hall–Kier alpha value is -0.910. The fourth-order valence-electron chi connectivity index (χ4n) is 1.58. The second-order valence-corrected chi connectivity index (χ2v) is 6.20. The summed E-state index contributed by atoms with van der Waals surface area (Å²) >= 11 is 12.2. The summed E-state index contributed by atoms with van der Waals surface area (Å²) < 4.78 is 1.97. The molecular formula is C14H12Br2N2S. The van der Waals surface area contributed by atoms with Crippen LogP contribution in [-0.2, 0) is 0 Å². The van der Waals surface area contributed by atoms with Crippen LogP contribution in [0.3, 0.4) is 0 Å². The van der Waals surface area contributed by atoms with Gasteiger partial charge in [0, 0.05) is 14.6 Å². The van der Waals surface area contributed by atoms with Crippen LogP contribution in [0.15, 0.2) is 51.4 Å². The zero-order valence-corrected chi connectivity index (χ0v) is 14.2. The van der Waals surface area contributed by atoms with Crippen LogP contribution in [0, 0.1) is 6.92 Å². The molecule has 5 heteroatoms. The number of benzene rings is 2. The molecule has 2 rings (SSSR count). The third-order valence-electron chi connectivity index (χ3n) is 2.57. The van der Waals surface area contributed by atoms with Gasteiger partial charge in [-0.15, -0.1) is 0 Å². The van der Waals surface area contributed by atoms with E-state index in [2.05, 4.69) is 42.5 Å². The second-order valence-electron chi connectivity index (χ2n) is 4.02. The van der Waals surface area contributed by atoms with E-state index in [0.717, 1.165) is 25.9 Å². The topological polar surface area (TPSA) is 24.1 Å². The Morgan fingerprint density at radius 1 is 1.00 bits per heavy atom. The van der Waals surface area contributed by atoms with Crippen LogP contribution in [-0.4, -0.2) is 5.11 Å². The summed E-state index contributed by atoms with van der Waals surface area (Å²) in [6.07, 6.45) is 0. The second kappa shape index (κ2) is 6.50. The number of hydrogen-bond donors (Lipinski definition) is 2. The van der Waals surface area contributed by atoms with Crippen molar-refractivity contribution in [2.45, 2.75) is 6.92 Å². The van der Waals surface area contributed by atoms with Gasteiger partial charge in [0.1, 0.15) is 0 Å². The first-order valence-corrected chi connectivity index (χ1v) is 7.64. The molecule has 0 spiro atoms. The van der Waals surface area contributed by atoms with E-state index in [1.54, 1.807) is 0 Å². The molecule has 0 radical (unpaired) electrons. The van der Waals surface area contributed by atoms with E-state index in [1.165, 1.54) is 0 Å². The lowest BCUT2D eigenvalue weighted by Crippen LogP contribution is -2.19. The molecule has 98 valence electrons. The Morgan fingerprint density at radius 2 is 1.68 bits per heavy atom. The van der Waals surface area contributed by atoms with E-state index in [-0.39, 0.29) is 0 Å². The average molecular weight is 400 g/mol. The standard InChI is InChI=1S/C14H12Br2N2S/c1-9-4-2-3-5-12(9)17-14(19)18-13-7-6-10(15)8-11(13)16/h2-8H,1H3,(H2,17,18,19). The van der Waals surface area contributed by atoms with Gasteiger partial charge < -0.3 is 10.6 Å². The summed E-state index contributed by atoms with van der Waals surface area (Å²) in [5, 5.41) is 6.92. The molecule has 0 heterocycles. The minimum Gasteiger partial charge on any atom is -0.332 e. The summed E-state index contributed by atoms with van der Waals surface area (Å²) in [6, 6.07) is 13.9. The summed E-state index contributed by atoms with van der Waals surface area (Å²) in [7, 11) is 0. The van der Waals surface area contributed by atoms with Crippen molar-refractivity contribution >= 4 is 60.6 Å². The highest BCUT2D eigenvalue weighted by atomic mass is 79.9. The van der Waals surface area contributed by atoms with Crippen LogP contribution in [0.25, 0.3) is 0 Å². The van der Waals surface area contributed by atoms with Crippen LogP contribution >= 0.6 is 44.1 Å². The van der Waals surface area contributed by atoms with Crippen molar-refractivity contribution < 1.29 is 0 Å². The maximum atomic E-state index is 5.32. The Morgan fingerprint density at radius 3 is 2.37 bits per heavy atom. The zero-order chi connectivity index (χ0) is 13.8. The SMILES string of the molecule is Cc1ccccc1NC(=S)Nc1ccc(Br)cc1Br. The smallest absolute Gasteiger partial charge is 0.175 e. The van der Waals surface area contributed by atoms with Gasteiger partial charge in [0.2, 0.25) is 0 Å². The first kappa shape index (κ1) is 14.5. The number of rotatable bonds is 2. The van der Waals surface area contributed by atoms with E-state index >= 15 is 0 Å². The molecule has 2 aromatic carbocycles. The zero-order valence-electron chi connectivity index (χ0n) is 10.2. The lowest BCUT2D eigenvalue weighted by Gasteiger charge is -2.13. The predicted octanol–water partition coefficient (Wildman–Crippen LogP) is 5.33. The van der Waals surface area contributed by atoms with Crippen molar-refractivity contribution in [1.29, 1.82) is 0 Å². The number of thiocarbonyl (C=S) groups is 1. The molecule has 0 saturated heterocycles. The monoisotopic (exact) mass is 398 g/mol. The number of para-hydroxylation sites is 1. The molecule has 0 amide bonds. The summed E-state index contributed by atoms with van der Waals surface area (Å²) in [5.41, 5.74) is 3.09. The molecule has 2 N–H and O–H groups in total. The highest BCUT2D eigenvalue weighted by Gasteiger charge is 2.04. The van der Waals surface area contributed by atoms with Crippen molar-refractivity contribution in [2.75, 3.05) is 10.6 Å². The fraction of sp³-hybridized carbons (Fsp3) is 0.0714. The minimum absolute atomic E-state index is 0.567. The van der Waals surface area contributed by atoms with E-state index < -0.39 is 0 Å². The molecule has 0 aromatic heterocycles. The summed E-state index contributed by atoms with van der Waals surface area (Å²) in [6.45, 7) is 2.04. The molecule has 19 heavy (non-hydrogen) atoms. The van der Waals surface area contributed by atoms with Gasteiger partial charge in [-0.05, 0) is 64.9 Å². The number of anilines is 2. The van der Waals surface area contributed by atoms with E-state index in [1.807, 2.05) is 49.4 Å². The number of halogens is 2. The molecule has 0 bridgehead atoms. The van der Waals surface area contributed by atoms with Crippen molar-refractivity contribution in [2.24, 2.45) is 0 Å². The Kier molecular flexibility index (Phi) is 4.96. The van der Waals surface area contributed by atoms with Gasteiger partial charge in [0.15, 0.2) is 5.11 Å². The van der Waals surface area contributed by atoms with Crippen molar-refractivity contribution in [3.8, 4) is 0 Å². The quantitative estimate of drug-likeness (QED) is 0.667. The van der Waals surface area contributed by atoms with E-state index in [0.29, 0.717) is 5.11 Å². The highest BCUT2D eigenvalue weighted by molar-refractivity contribution is 9.11. The van der Waals surface area contributed by atoms with Gasteiger partial charge in [-0.25, -0.2) is 0 Å². The van der Waals surface area contributed by atoms with Crippen LogP contribution < -0.4 is 10.6 Å². The molecular weight excluding hydrogens is 388 g/mol. The predicted molar refractivity (Wildman–Crippen MR) is 92.9 cm³/mol. The molecule has 0 saturated carbocycles. The molecule has 0 fully saturated rings. The molecule has 2 aromatic rings. The Labute approximate surface area is 134 Å². The van der Waals surface area contributed by atoms with Gasteiger partial charge >= 0.3 is 0 Å². The largest absolute Gasteiger partial charge is 0.332 e. The van der Waals surface area contributed by atoms with Gasteiger partial charge in [0.05, 0.1) is 5.69 Å². The summed E-state index contributed by atoms with van der Waals surface area (Å²) in [5.74, 6) is 0. The lowest BCUT2D eigenvalue weighted by molar-refractivity contribution is 1.45. The van der Waals surface area contributed by atoms with Gasteiger partial charge in [-0.1, -0.05) is 34.1 Å². The van der Waals surface area contributed by atoms with Crippen molar-refractivity contribution in [3.05, 3.63) is 57.0 Å². The Bertz CT molecular complexity index is 614. The minimum atomic E-state index is 0.567. The number of aryl methyl sites for hydroxylation is 1. The van der Waals surface area contributed by atoms with Crippen molar-refractivity contribution in [3.63, 3.8) is 0 Å². The van der Waals surface area contributed by atoms with Gasteiger partial charge in [-0.3, -0.25) is 0 Å². The summed E-state index contributed by atoms with van der Waals surface area (Å²) in [4.78, 5) is 0. The third-order valence-corrected chi connectivity index (χ3v) is 3.93. The van der Waals surface area contributed by atoms with Crippen LogP contribution in [0.1, 0.15) is 5.56 Å². The molecule has 0 atom stereocenters. The van der Waals surface area contributed by atoms with Crippen LogP contribution in [0.4, 0.5) is 11.4 Å². The lowest BCUT2D eigenvalue weighted by atomic mass is 10.2. The van der Waals surface area contributed by atoms with Gasteiger partial charge in [-0.2, -0.15) is 0 Å². The maximum Gasteiger partial charge on any atom is 0.175 e. The third kappa shape index (κ3) is 4.03. The fourth-order valence-corrected chi connectivity index (χ4v) is 2.95. The molecule has 0 aliphatic rings. The normalized spacial score (nSPS) is 10.1. The number of nitrogens with one attached hydrogen (secondary N) is 2. The molecule has 2 nitrogen and oxygen atoms in total. The number of hydrogen-bond acceptors (Lipinski definition) is 1. The average Bonchev–Trinajstić information content (AvgIpc) is 2.36. The molecule has 0 unspecified atom stereocenters. The Balaban J connectivity index is 2.08. The van der Waals surface area contributed by atoms with Gasteiger partial charge in [0.25, 0.3) is 0 Å². The van der Waals surface area contributed by atoms with Crippen molar-refractivity contribution in [1.82, 2.24) is 0 Å². The van der Waals surface area contributed by atoms with E-state index in [9.17, 15) is 0 Å². The maximum absolute atomic E-state index is 5.32. The van der Waals surface area contributed by atoms with Crippen LogP contribution in [0.5, 0.6) is 0 Å². The molecule has 0 aliphatic heterocycles.